The summed E-state index contributed by atoms with van der Waals surface area (Å²) in [4.78, 5) is 28.9. The third-order valence-electron chi connectivity index (χ3n) is 7.46. The topological polar surface area (TPSA) is 68.6 Å². The molecule has 0 N–H and O–H groups in total. The number of pyridine rings is 4. The first-order valence-electron chi connectivity index (χ1n) is 13.9. The second-order valence-electron chi connectivity index (χ2n) is 10.6. The fourth-order valence-corrected chi connectivity index (χ4v) is 5.64. The molecule has 0 spiro atoms. The zero-order valence-corrected chi connectivity index (χ0v) is 24.3. The standard InChI is InChI=1S/C33H14F12N4O/c34-30(35,36)25-23(21-15(17-9-1-3-13-46-17)7-5-11-19(21)48-28(25)32(40,41)42)27(50)24-22-16(18-10-2-4-14-47-18)8-6-12-20(22)49-29(33(43,44)45)26(24)31(37,38)39/h1-14H. The van der Waals surface area contributed by atoms with Crippen LogP contribution in [0.5, 0.6) is 0 Å². The Morgan fingerprint density at radius 3 is 1.14 bits per heavy atom. The number of alkyl halides is 12. The van der Waals surface area contributed by atoms with Crippen LogP contribution >= 0.6 is 0 Å². The van der Waals surface area contributed by atoms with Gasteiger partial charge < -0.3 is 0 Å². The summed E-state index contributed by atoms with van der Waals surface area (Å²) in [6, 6.07) is 13.4. The Labute approximate surface area is 271 Å². The number of fused-ring (bicyclic) bond motifs is 2. The number of carbonyl (C=O) groups is 1. The summed E-state index contributed by atoms with van der Waals surface area (Å²) < 4.78 is 176. The number of carbonyl (C=O) groups excluding carboxylic acids is 1. The van der Waals surface area contributed by atoms with E-state index in [1.807, 2.05) is 0 Å². The van der Waals surface area contributed by atoms with Crippen LogP contribution in [0.2, 0.25) is 0 Å². The Bertz CT molecular complexity index is 2120. The molecule has 0 amide bonds. The summed E-state index contributed by atoms with van der Waals surface area (Å²) in [6.45, 7) is 0. The number of hydrogen-bond donors (Lipinski definition) is 0. The molecule has 0 aliphatic heterocycles. The molecular weight excluding hydrogens is 696 g/mol. The lowest BCUT2D eigenvalue weighted by Crippen LogP contribution is -2.27. The van der Waals surface area contributed by atoms with Gasteiger partial charge in [0.2, 0.25) is 0 Å². The number of ketones is 1. The monoisotopic (exact) mass is 710 g/mol. The van der Waals surface area contributed by atoms with Gasteiger partial charge >= 0.3 is 24.7 Å². The number of nitrogens with zero attached hydrogens (tertiary/aromatic N) is 4. The minimum absolute atomic E-state index is 0.248. The van der Waals surface area contributed by atoms with Gasteiger partial charge in [-0.1, -0.05) is 36.4 Å². The highest BCUT2D eigenvalue weighted by molar-refractivity contribution is 6.26. The van der Waals surface area contributed by atoms with Crippen LogP contribution < -0.4 is 0 Å². The van der Waals surface area contributed by atoms with E-state index in [2.05, 4.69) is 19.9 Å². The summed E-state index contributed by atoms with van der Waals surface area (Å²) in [5.41, 5.74) is -18.4. The predicted octanol–water partition coefficient (Wildman–Crippen LogP) is 10.2. The molecule has 5 nitrogen and oxygen atoms in total. The zero-order chi connectivity index (χ0) is 36.4. The maximum Gasteiger partial charge on any atom is 0.434 e. The molecule has 0 aliphatic carbocycles. The van der Waals surface area contributed by atoms with Gasteiger partial charge in [-0.2, -0.15) is 52.7 Å². The van der Waals surface area contributed by atoms with Crippen LogP contribution in [0.1, 0.15) is 38.4 Å². The SMILES string of the molecule is O=C(c1c(C(F)(F)F)c(C(F)(F)F)nc2cccc(-c3ccccn3)c12)c1c(C(F)(F)F)c(C(F)(F)F)nc2cccc(-c3ccccn3)c12. The second kappa shape index (κ2) is 11.8. The third-order valence-corrected chi connectivity index (χ3v) is 7.46. The summed E-state index contributed by atoms with van der Waals surface area (Å²) in [7, 11) is 0. The molecule has 256 valence electrons. The molecule has 6 rings (SSSR count). The van der Waals surface area contributed by atoms with Gasteiger partial charge in [0.05, 0.1) is 33.5 Å². The van der Waals surface area contributed by atoms with Crippen molar-refractivity contribution in [2.75, 3.05) is 0 Å². The van der Waals surface area contributed by atoms with E-state index in [9.17, 15) is 57.5 Å². The minimum Gasteiger partial charge on any atom is -0.289 e. The van der Waals surface area contributed by atoms with E-state index in [1.54, 1.807) is 0 Å². The quantitative estimate of drug-likeness (QED) is 0.135. The molecule has 4 heterocycles. The highest BCUT2D eigenvalue weighted by Gasteiger charge is 2.52. The lowest BCUT2D eigenvalue weighted by atomic mass is 9.85. The van der Waals surface area contributed by atoms with E-state index in [0.29, 0.717) is 0 Å². The van der Waals surface area contributed by atoms with Crippen molar-refractivity contribution in [1.82, 2.24) is 19.9 Å². The van der Waals surface area contributed by atoms with Gasteiger partial charge in [-0.05, 0) is 36.4 Å². The summed E-state index contributed by atoms with van der Waals surface area (Å²) in [5.74, 6) is -2.47. The van der Waals surface area contributed by atoms with Crippen LogP contribution in [0.25, 0.3) is 44.3 Å². The van der Waals surface area contributed by atoms with Crippen molar-refractivity contribution >= 4 is 27.6 Å². The van der Waals surface area contributed by atoms with Crippen molar-refractivity contribution < 1.29 is 57.5 Å². The number of aromatic nitrogens is 4. The van der Waals surface area contributed by atoms with Gasteiger partial charge in [-0.15, -0.1) is 0 Å². The zero-order valence-electron chi connectivity index (χ0n) is 24.3. The lowest BCUT2D eigenvalue weighted by Gasteiger charge is -2.24. The van der Waals surface area contributed by atoms with Crippen molar-refractivity contribution in [2.24, 2.45) is 0 Å². The highest BCUT2D eigenvalue weighted by Crippen LogP contribution is 2.49. The minimum atomic E-state index is -6.15. The number of rotatable bonds is 4. The molecular formula is C33H14F12N4O. The third kappa shape index (κ3) is 5.96. The first-order valence-corrected chi connectivity index (χ1v) is 13.9. The van der Waals surface area contributed by atoms with E-state index < -0.39 is 97.1 Å². The van der Waals surface area contributed by atoms with Crippen LogP contribution in [-0.4, -0.2) is 25.7 Å². The molecule has 0 atom stereocenters. The van der Waals surface area contributed by atoms with E-state index in [4.69, 9.17) is 0 Å². The normalized spacial score (nSPS) is 12.9. The molecule has 0 aliphatic rings. The average Bonchev–Trinajstić information content (AvgIpc) is 3.04. The molecule has 0 saturated heterocycles. The average molecular weight is 710 g/mol. The number of hydrogen-bond acceptors (Lipinski definition) is 5. The van der Waals surface area contributed by atoms with Crippen LogP contribution in [0, 0.1) is 0 Å². The van der Waals surface area contributed by atoms with Gasteiger partial charge in [0, 0.05) is 45.4 Å². The van der Waals surface area contributed by atoms with Crippen molar-refractivity contribution in [3.63, 3.8) is 0 Å². The Morgan fingerprint density at radius 2 is 0.840 bits per heavy atom. The molecule has 0 bridgehead atoms. The Morgan fingerprint density at radius 1 is 0.460 bits per heavy atom. The van der Waals surface area contributed by atoms with E-state index in [-0.39, 0.29) is 11.4 Å². The van der Waals surface area contributed by atoms with Crippen LogP contribution in [0.15, 0.2) is 85.2 Å². The Hall–Kier alpha value is -5.61. The largest absolute Gasteiger partial charge is 0.434 e. The first kappa shape index (κ1) is 34.3. The van der Waals surface area contributed by atoms with E-state index in [0.717, 1.165) is 48.8 Å². The maximum absolute atomic E-state index is 14.9. The maximum atomic E-state index is 14.9. The Balaban J connectivity index is 1.93. The van der Waals surface area contributed by atoms with Gasteiger partial charge in [-0.3, -0.25) is 14.8 Å². The van der Waals surface area contributed by atoms with Gasteiger partial charge in [-0.25, -0.2) is 9.97 Å². The molecule has 0 radical (unpaired) electrons. The van der Waals surface area contributed by atoms with Crippen LogP contribution in [-0.2, 0) is 24.7 Å². The summed E-state index contributed by atoms with van der Waals surface area (Å²) in [6.07, 6.45) is -22.0. The van der Waals surface area contributed by atoms with Crippen molar-refractivity contribution in [3.8, 4) is 22.5 Å². The molecule has 50 heavy (non-hydrogen) atoms. The van der Waals surface area contributed by atoms with Gasteiger partial charge in [0.25, 0.3) is 0 Å². The molecule has 0 saturated carbocycles. The molecule has 0 fully saturated rings. The fourth-order valence-electron chi connectivity index (χ4n) is 5.64. The second-order valence-corrected chi connectivity index (χ2v) is 10.6. The molecule has 4 aromatic heterocycles. The first-order chi connectivity index (χ1) is 23.3. The van der Waals surface area contributed by atoms with Crippen molar-refractivity contribution in [3.05, 3.63) is 119 Å². The highest BCUT2D eigenvalue weighted by atomic mass is 19.4. The van der Waals surface area contributed by atoms with Crippen LogP contribution in [0.3, 0.4) is 0 Å². The smallest absolute Gasteiger partial charge is 0.289 e. The lowest BCUT2D eigenvalue weighted by molar-refractivity contribution is -0.165. The van der Waals surface area contributed by atoms with Crippen LogP contribution in [0.4, 0.5) is 52.7 Å². The molecule has 2 aromatic carbocycles. The summed E-state index contributed by atoms with van der Waals surface area (Å²) >= 11 is 0. The van der Waals surface area contributed by atoms with Crippen molar-refractivity contribution in [1.29, 1.82) is 0 Å². The van der Waals surface area contributed by atoms with Gasteiger partial charge in [0.1, 0.15) is 0 Å². The van der Waals surface area contributed by atoms with E-state index >= 15 is 0 Å². The molecule has 17 heteroatoms. The van der Waals surface area contributed by atoms with Crippen molar-refractivity contribution in [2.45, 2.75) is 24.7 Å². The fraction of sp³-hybridized carbons (Fsp3) is 0.121. The van der Waals surface area contributed by atoms with E-state index in [1.165, 1.54) is 36.4 Å². The number of benzene rings is 2. The number of halogens is 12. The molecule has 6 aromatic rings. The van der Waals surface area contributed by atoms with Gasteiger partial charge in [0.15, 0.2) is 17.2 Å². The Kier molecular flexibility index (Phi) is 8.06. The summed E-state index contributed by atoms with van der Waals surface area (Å²) in [5, 5.41) is -2.09. The predicted molar refractivity (Wildman–Crippen MR) is 153 cm³/mol. The molecule has 0 unspecified atom stereocenters.